The van der Waals surface area contributed by atoms with Gasteiger partial charge in [0.25, 0.3) is 0 Å². The van der Waals surface area contributed by atoms with Gasteiger partial charge in [0.15, 0.2) is 0 Å². The van der Waals surface area contributed by atoms with E-state index in [1.807, 2.05) is 24.0 Å². The van der Waals surface area contributed by atoms with E-state index in [2.05, 4.69) is 176 Å². The van der Waals surface area contributed by atoms with Crippen molar-refractivity contribution in [3.8, 4) is 11.5 Å². The Hall–Kier alpha value is -4.44. The fourth-order valence-corrected chi connectivity index (χ4v) is 9.13. The van der Waals surface area contributed by atoms with Gasteiger partial charge >= 0.3 is 21.1 Å². The number of aliphatic imine (C=N–C) groups is 1. The number of benzene rings is 5. The third-order valence-electron chi connectivity index (χ3n) is 10.9. The van der Waals surface area contributed by atoms with Crippen LogP contribution in [0.3, 0.4) is 0 Å². The van der Waals surface area contributed by atoms with Crippen LogP contribution < -0.4 is 9.64 Å². The minimum absolute atomic E-state index is 0. The van der Waals surface area contributed by atoms with Gasteiger partial charge in [0.05, 0.1) is 6.04 Å². The van der Waals surface area contributed by atoms with Gasteiger partial charge in [0.2, 0.25) is 0 Å². The molecule has 0 saturated heterocycles. The Morgan fingerprint density at radius 2 is 1.49 bits per heavy atom. The van der Waals surface area contributed by atoms with Gasteiger partial charge in [-0.3, -0.25) is 0 Å². The molecule has 0 fully saturated rings. The van der Waals surface area contributed by atoms with Crippen molar-refractivity contribution in [2.45, 2.75) is 78.2 Å². The second-order valence-corrected chi connectivity index (χ2v) is 17.3. The Labute approximate surface area is 345 Å². The van der Waals surface area contributed by atoms with Crippen molar-refractivity contribution in [2.75, 3.05) is 10.7 Å². The van der Waals surface area contributed by atoms with Gasteiger partial charge in [-0.15, -0.1) is 35.4 Å². The molecule has 0 unspecified atom stereocenters. The summed E-state index contributed by atoms with van der Waals surface area (Å²) in [5, 5.41) is 1.01. The van der Waals surface area contributed by atoms with E-state index >= 15 is 0 Å². The summed E-state index contributed by atoms with van der Waals surface area (Å²) in [6.45, 7) is 17.8. The summed E-state index contributed by atoms with van der Waals surface area (Å²) in [5.74, 6) is 3.32. The van der Waals surface area contributed by atoms with Gasteiger partial charge in [-0.25, -0.2) is 4.98 Å². The molecule has 0 bridgehead atoms. The summed E-state index contributed by atoms with van der Waals surface area (Å²) < 4.78 is 6.75. The first-order chi connectivity index (χ1) is 25.9. The molecule has 2 aliphatic heterocycles. The Kier molecular flexibility index (Phi) is 10.8. The molecule has 6 heteroatoms. The van der Waals surface area contributed by atoms with Gasteiger partial charge in [-0.2, -0.15) is 17.3 Å². The summed E-state index contributed by atoms with van der Waals surface area (Å²) >= 11 is 1.81. The van der Waals surface area contributed by atoms with Gasteiger partial charge < -0.3 is 14.6 Å². The Balaban J connectivity index is 0.00000465. The second-order valence-electron chi connectivity index (χ2n) is 16.3. The molecule has 0 aliphatic carbocycles. The van der Waals surface area contributed by atoms with Crippen LogP contribution in [0, 0.1) is 32.9 Å². The number of pyridine rings is 1. The van der Waals surface area contributed by atoms with Crippen molar-refractivity contribution in [3.05, 3.63) is 178 Å². The second kappa shape index (κ2) is 15.2. The first-order valence-electron chi connectivity index (χ1n) is 18.9. The number of hydrogen-bond acceptors (Lipinski definition) is 5. The quantitative estimate of drug-likeness (QED) is 0.150. The van der Waals surface area contributed by atoms with Crippen LogP contribution in [-0.2, 0) is 31.9 Å². The molecule has 55 heavy (non-hydrogen) atoms. The fraction of sp³-hybridized carbons (Fsp3) is 0.265. The van der Waals surface area contributed by atoms with E-state index in [1.165, 1.54) is 27.8 Å². The van der Waals surface area contributed by atoms with E-state index in [9.17, 15) is 0 Å². The van der Waals surface area contributed by atoms with Crippen molar-refractivity contribution in [1.82, 2.24) is 4.98 Å². The molecule has 2 aliphatic rings. The van der Waals surface area contributed by atoms with E-state index in [4.69, 9.17) is 14.7 Å². The van der Waals surface area contributed by atoms with Crippen LogP contribution in [0.4, 0.5) is 17.2 Å². The standard InChI is InChI=1S/C49H47N3OS.Pt/c1-31-24-37(52-43-22-21-36(48(4,5)6)27-41(43)49(7,8)40-20-15-23-50-46(40)52)28-38(25-31)53-44-29-39(32(2)26-33(44)3)47-51-42(30-54-47)45(34-16-11-9-12-17-34)35-18-13-10-14-19-35;/h9-27,42,45H,30H2,1-8H3;/q-2;+2/t42-;/m0./s1. The number of aromatic nitrogens is 1. The van der Waals surface area contributed by atoms with E-state index in [0.717, 1.165) is 50.2 Å². The normalized spacial score (nSPS) is 15.9. The van der Waals surface area contributed by atoms with Crippen molar-refractivity contribution >= 4 is 34.0 Å². The molecule has 0 saturated carbocycles. The van der Waals surface area contributed by atoms with Crippen LogP contribution in [0.2, 0.25) is 0 Å². The van der Waals surface area contributed by atoms with Crippen LogP contribution in [-0.4, -0.2) is 21.8 Å². The van der Waals surface area contributed by atoms with Crippen molar-refractivity contribution in [3.63, 3.8) is 0 Å². The third kappa shape index (κ3) is 7.46. The minimum atomic E-state index is -0.230. The number of ether oxygens (including phenoxy) is 1. The molecule has 5 aromatic carbocycles. The number of fused-ring (bicyclic) bond motifs is 2. The summed E-state index contributed by atoms with van der Waals surface area (Å²) in [5.41, 5.74) is 12.4. The molecule has 0 N–H and O–H groups in total. The monoisotopic (exact) mass is 920 g/mol. The zero-order valence-corrected chi connectivity index (χ0v) is 35.9. The van der Waals surface area contributed by atoms with Crippen LogP contribution in [0.25, 0.3) is 0 Å². The molecular formula is C49H47N3OPtS. The number of aryl methyl sites for hydroxylation is 3. The SMILES string of the molecule is Cc1cc(Oc2[c-]c(C3=N[C@H](C(c4ccccc4)c4ccccc4)CS3)c(C)cc2C)[c-]c(N2c3ccc(C(C)(C)C)cc3C(C)(C)c3cccnc32)c1.[Pt+2]. The first-order valence-corrected chi connectivity index (χ1v) is 19.8. The zero-order valence-electron chi connectivity index (χ0n) is 32.8. The summed E-state index contributed by atoms with van der Waals surface area (Å²) in [7, 11) is 0. The van der Waals surface area contributed by atoms with E-state index < -0.39 is 0 Å². The van der Waals surface area contributed by atoms with Crippen molar-refractivity contribution < 1.29 is 25.8 Å². The molecule has 0 radical (unpaired) electrons. The van der Waals surface area contributed by atoms with Gasteiger partial charge in [-0.1, -0.05) is 152 Å². The number of hydrogen-bond donors (Lipinski definition) is 0. The molecule has 3 heterocycles. The topological polar surface area (TPSA) is 37.7 Å². The predicted molar refractivity (Wildman–Crippen MR) is 226 cm³/mol. The average Bonchev–Trinajstić information content (AvgIpc) is 3.62. The number of nitrogens with zero attached hydrogens (tertiary/aromatic N) is 3. The van der Waals surface area contributed by atoms with Crippen LogP contribution in [0.15, 0.2) is 120 Å². The Morgan fingerprint density at radius 1 is 0.800 bits per heavy atom. The number of rotatable bonds is 7. The number of thioether (sulfide) groups is 1. The molecule has 1 atom stereocenters. The van der Waals surface area contributed by atoms with E-state index in [1.54, 1.807) is 0 Å². The molecule has 0 spiro atoms. The van der Waals surface area contributed by atoms with Crippen LogP contribution in [0.1, 0.15) is 90.6 Å². The molecule has 0 amide bonds. The van der Waals surface area contributed by atoms with Crippen LogP contribution in [0.5, 0.6) is 11.5 Å². The largest absolute Gasteiger partial charge is 2.00 e. The number of anilines is 3. The van der Waals surface area contributed by atoms with Crippen LogP contribution >= 0.6 is 11.8 Å². The zero-order chi connectivity index (χ0) is 37.8. The first kappa shape index (κ1) is 38.8. The van der Waals surface area contributed by atoms with Crippen molar-refractivity contribution in [1.29, 1.82) is 0 Å². The molecule has 280 valence electrons. The Bertz CT molecular complexity index is 2340. The van der Waals surface area contributed by atoms with Gasteiger partial charge in [-0.05, 0) is 39.8 Å². The molecule has 8 rings (SSSR count). The minimum Gasteiger partial charge on any atom is -0.503 e. The summed E-state index contributed by atoms with van der Waals surface area (Å²) in [6.07, 6.45) is 1.88. The van der Waals surface area contributed by atoms with E-state index in [0.29, 0.717) is 11.5 Å². The van der Waals surface area contributed by atoms with Crippen molar-refractivity contribution in [2.24, 2.45) is 4.99 Å². The predicted octanol–water partition coefficient (Wildman–Crippen LogP) is 12.5. The van der Waals surface area contributed by atoms with Gasteiger partial charge in [0, 0.05) is 51.1 Å². The van der Waals surface area contributed by atoms with Gasteiger partial charge in [0.1, 0.15) is 5.82 Å². The fourth-order valence-electron chi connectivity index (χ4n) is 7.97. The average molecular weight is 921 g/mol. The molecule has 6 aromatic rings. The molecular weight excluding hydrogens is 874 g/mol. The summed E-state index contributed by atoms with van der Waals surface area (Å²) in [4.78, 5) is 12.6. The Morgan fingerprint density at radius 3 is 2.16 bits per heavy atom. The maximum atomic E-state index is 6.75. The maximum absolute atomic E-state index is 6.75. The van der Waals surface area contributed by atoms with E-state index in [-0.39, 0.29) is 43.9 Å². The maximum Gasteiger partial charge on any atom is 2.00 e. The third-order valence-corrected chi connectivity index (χ3v) is 12.0. The molecule has 4 nitrogen and oxygen atoms in total. The smallest absolute Gasteiger partial charge is 0.503 e. The summed E-state index contributed by atoms with van der Waals surface area (Å²) in [6, 6.07) is 46.5. The molecule has 1 aromatic heterocycles.